The van der Waals surface area contributed by atoms with E-state index < -0.39 is 0 Å². The molecule has 1 aliphatic rings. The van der Waals surface area contributed by atoms with E-state index in [1.54, 1.807) is 0 Å². The minimum absolute atomic E-state index is 0.0390. The highest BCUT2D eigenvalue weighted by Gasteiger charge is 2.30. The van der Waals surface area contributed by atoms with Gasteiger partial charge in [0.05, 0.1) is 0 Å². The molecule has 1 aliphatic heterocycles. The molecule has 0 radical (unpaired) electrons. The summed E-state index contributed by atoms with van der Waals surface area (Å²) in [6, 6.07) is 0. The molecule has 1 saturated heterocycles. The molecule has 0 amide bonds. The standard InChI is InChI=1S/C17H32O2S2/c1-15(2,3)13-16(4,5)19-14(18)9-7-8-10-17(6)11-12-20-21-17/h7-13H2,1-6H3/t17-/m1/s1. The van der Waals surface area contributed by atoms with Crippen molar-refractivity contribution >= 4 is 27.6 Å². The molecular weight excluding hydrogens is 300 g/mol. The Morgan fingerprint density at radius 1 is 1.19 bits per heavy atom. The van der Waals surface area contributed by atoms with E-state index in [4.69, 9.17) is 4.74 Å². The average Bonchev–Trinajstić information content (AvgIpc) is 2.68. The van der Waals surface area contributed by atoms with Gasteiger partial charge in [0.1, 0.15) is 5.60 Å². The Morgan fingerprint density at radius 3 is 2.38 bits per heavy atom. The van der Waals surface area contributed by atoms with Crippen LogP contribution in [0.25, 0.3) is 0 Å². The molecule has 0 aromatic carbocycles. The summed E-state index contributed by atoms with van der Waals surface area (Å²) in [6.07, 6.45) is 6.03. The van der Waals surface area contributed by atoms with Crippen LogP contribution in [-0.4, -0.2) is 22.1 Å². The van der Waals surface area contributed by atoms with Crippen LogP contribution in [0.4, 0.5) is 0 Å². The molecule has 124 valence electrons. The molecular formula is C17H32O2S2. The first-order chi connectivity index (χ1) is 9.52. The fraction of sp³-hybridized carbons (Fsp3) is 0.941. The number of unbranched alkanes of at least 4 members (excludes halogenated alkanes) is 1. The number of hydrogen-bond acceptors (Lipinski definition) is 4. The number of carbonyl (C=O) groups excluding carboxylic acids is 1. The van der Waals surface area contributed by atoms with Crippen LogP contribution >= 0.6 is 21.6 Å². The molecule has 0 N–H and O–H groups in total. The SMILES string of the molecule is CC(C)(C)CC(C)(C)OC(=O)CCCC[C@]1(C)CCSS1. The first kappa shape index (κ1) is 19.2. The summed E-state index contributed by atoms with van der Waals surface area (Å²) < 4.78 is 6.09. The number of ether oxygens (including phenoxy) is 1. The third-order valence-corrected chi connectivity index (χ3v) is 7.02. The van der Waals surface area contributed by atoms with Crippen LogP contribution in [0, 0.1) is 5.41 Å². The second-order valence-corrected chi connectivity index (χ2v) is 11.3. The van der Waals surface area contributed by atoms with Gasteiger partial charge in [-0.2, -0.15) is 0 Å². The summed E-state index contributed by atoms with van der Waals surface area (Å²) in [4.78, 5) is 12.0. The van der Waals surface area contributed by atoms with Gasteiger partial charge in [-0.05, 0) is 51.9 Å². The Balaban J connectivity index is 2.21. The van der Waals surface area contributed by atoms with Crippen LogP contribution in [0.5, 0.6) is 0 Å². The Kier molecular flexibility index (Phi) is 6.98. The van der Waals surface area contributed by atoms with Gasteiger partial charge in [-0.3, -0.25) is 4.79 Å². The van der Waals surface area contributed by atoms with Crippen molar-refractivity contribution in [3.05, 3.63) is 0 Å². The predicted octanol–water partition coefficient (Wildman–Crippen LogP) is 5.85. The normalized spacial score (nSPS) is 23.3. The molecule has 1 atom stereocenters. The van der Waals surface area contributed by atoms with E-state index in [1.165, 1.54) is 18.6 Å². The number of carbonyl (C=O) groups is 1. The van der Waals surface area contributed by atoms with Crippen LogP contribution in [0.1, 0.15) is 80.1 Å². The minimum atomic E-state index is -0.362. The lowest BCUT2D eigenvalue weighted by molar-refractivity contribution is -0.159. The zero-order chi connectivity index (χ0) is 16.1. The van der Waals surface area contributed by atoms with Crippen molar-refractivity contribution in [2.24, 2.45) is 5.41 Å². The lowest BCUT2D eigenvalue weighted by Gasteiger charge is -2.32. The fourth-order valence-electron chi connectivity index (χ4n) is 3.09. The summed E-state index contributed by atoms with van der Waals surface area (Å²) in [5.74, 6) is 1.23. The van der Waals surface area contributed by atoms with Crippen LogP contribution in [0.2, 0.25) is 0 Å². The predicted molar refractivity (Wildman–Crippen MR) is 95.8 cm³/mol. The molecule has 0 spiro atoms. The molecule has 0 aliphatic carbocycles. The highest BCUT2D eigenvalue weighted by atomic mass is 33.1. The smallest absolute Gasteiger partial charge is 0.306 e. The van der Waals surface area contributed by atoms with Crippen molar-refractivity contribution in [2.45, 2.75) is 90.4 Å². The van der Waals surface area contributed by atoms with E-state index in [0.29, 0.717) is 11.2 Å². The molecule has 0 unspecified atom stereocenters. The first-order valence-corrected chi connectivity index (χ1v) is 10.4. The Hall–Kier alpha value is 0.170. The third-order valence-electron chi connectivity index (χ3n) is 3.66. The molecule has 0 aromatic heterocycles. The van der Waals surface area contributed by atoms with Crippen molar-refractivity contribution < 1.29 is 9.53 Å². The van der Waals surface area contributed by atoms with Gasteiger partial charge in [0.2, 0.25) is 0 Å². The van der Waals surface area contributed by atoms with Gasteiger partial charge in [-0.25, -0.2) is 0 Å². The Labute approximate surface area is 138 Å². The molecule has 1 heterocycles. The van der Waals surface area contributed by atoms with E-state index in [9.17, 15) is 4.79 Å². The average molecular weight is 333 g/mol. The molecule has 2 nitrogen and oxygen atoms in total. The number of hydrogen-bond donors (Lipinski definition) is 0. The van der Waals surface area contributed by atoms with Gasteiger partial charge in [0.15, 0.2) is 0 Å². The lowest BCUT2D eigenvalue weighted by Crippen LogP contribution is -2.32. The van der Waals surface area contributed by atoms with E-state index in [2.05, 4.69) is 27.7 Å². The van der Waals surface area contributed by atoms with Crippen molar-refractivity contribution in [3.8, 4) is 0 Å². The highest BCUT2D eigenvalue weighted by molar-refractivity contribution is 8.77. The van der Waals surface area contributed by atoms with Gasteiger partial charge in [0, 0.05) is 16.9 Å². The molecule has 0 aromatic rings. The largest absolute Gasteiger partial charge is 0.460 e. The first-order valence-electron chi connectivity index (χ1n) is 8.04. The zero-order valence-electron chi connectivity index (χ0n) is 14.6. The summed E-state index contributed by atoms with van der Waals surface area (Å²) in [6.45, 7) is 12.9. The second kappa shape index (κ2) is 7.63. The maximum absolute atomic E-state index is 12.0. The molecule has 1 rings (SSSR count). The fourth-order valence-corrected chi connectivity index (χ4v) is 6.39. The molecule has 4 heteroatoms. The summed E-state index contributed by atoms with van der Waals surface area (Å²) in [5.41, 5.74) is -0.186. The van der Waals surface area contributed by atoms with Gasteiger partial charge in [0.25, 0.3) is 0 Å². The molecule has 0 bridgehead atoms. The topological polar surface area (TPSA) is 26.3 Å². The summed E-state index contributed by atoms with van der Waals surface area (Å²) in [7, 11) is 4.00. The minimum Gasteiger partial charge on any atom is -0.460 e. The van der Waals surface area contributed by atoms with Crippen LogP contribution in [-0.2, 0) is 9.53 Å². The van der Waals surface area contributed by atoms with Crippen molar-refractivity contribution in [1.82, 2.24) is 0 Å². The molecule has 1 fully saturated rings. The quantitative estimate of drug-likeness (QED) is 0.332. The summed E-state index contributed by atoms with van der Waals surface area (Å²) >= 11 is 0. The highest BCUT2D eigenvalue weighted by Crippen LogP contribution is 2.49. The Morgan fingerprint density at radius 2 is 1.86 bits per heavy atom. The maximum Gasteiger partial charge on any atom is 0.306 e. The number of esters is 1. The van der Waals surface area contributed by atoms with Crippen LogP contribution < -0.4 is 0 Å². The second-order valence-electron chi connectivity index (χ2n) is 8.28. The van der Waals surface area contributed by atoms with E-state index in [0.717, 1.165) is 19.3 Å². The van der Waals surface area contributed by atoms with Crippen LogP contribution in [0.3, 0.4) is 0 Å². The van der Waals surface area contributed by atoms with Crippen molar-refractivity contribution in [2.75, 3.05) is 5.75 Å². The maximum atomic E-state index is 12.0. The van der Waals surface area contributed by atoms with Gasteiger partial charge < -0.3 is 4.74 Å². The van der Waals surface area contributed by atoms with E-state index in [1.807, 2.05) is 35.4 Å². The van der Waals surface area contributed by atoms with Crippen LogP contribution in [0.15, 0.2) is 0 Å². The van der Waals surface area contributed by atoms with Gasteiger partial charge in [-0.1, -0.05) is 48.8 Å². The van der Waals surface area contributed by atoms with Crippen molar-refractivity contribution in [3.63, 3.8) is 0 Å². The molecule has 21 heavy (non-hydrogen) atoms. The van der Waals surface area contributed by atoms with Gasteiger partial charge >= 0.3 is 5.97 Å². The zero-order valence-corrected chi connectivity index (χ0v) is 16.2. The van der Waals surface area contributed by atoms with E-state index >= 15 is 0 Å². The Bertz CT molecular complexity index is 339. The third kappa shape index (κ3) is 8.39. The van der Waals surface area contributed by atoms with E-state index in [-0.39, 0.29) is 17.0 Å². The molecule has 0 saturated carbocycles. The number of rotatable bonds is 7. The summed E-state index contributed by atoms with van der Waals surface area (Å²) in [5, 5.41) is 0. The van der Waals surface area contributed by atoms with Gasteiger partial charge in [-0.15, -0.1) is 0 Å². The lowest BCUT2D eigenvalue weighted by atomic mass is 9.83. The monoisotopic (exact) mass is 332 g/mol. The van der Waals surface area contributed by atoms with Crippen molar-refractivity contribution in [1.29, 1.82) is 0 Å².